The van der Waals surface area contributed by atoms with E-state index in [0.717, 1.165) is 11.3 Å². The Balaban J connectivity index is 2.31. The summed E-state index contributed by atoms with van der Waals surface area (Å²) in [4.78, 5) is 10.6. The molecule has 3 N–H and O–H groups in total. The van der Waals surface area contributed by atoms with E-state index in [-0.39, 0.29) is 5.84 Å². The van der Waals surface area contributed by atoms with Gasteiger partial charge in [0.15, 0.2) is 0 Å². The summed E-state index contributed by atoms with van der Waals surface area (Å²) in [7, 11) is 1.92. The molecule has 0 aromatic carbocycles. The number of nitrogens with one attached hydrogen (secondary N) is 1. The van der Waals surface area contributed by atoms with Gasteiger partial charge in [0.25, 0.3) is 0 Å². The van der Waals surface area contributed by atoms with Crippen LogP contribution in [0.15, 0.2) is 36.7 Å². The molecule has 19 heavy (non-hydrogen) atoms. The van der Waals surface area contributed by atoms with Gasteiger partial charge in [0.05, 0.1) is 17.8 Å². The summed E-state index contributed by atoms with van der Waals surface area (Å²) >= 11 is 0. The van der Waals surface area contributed by atoms with Crippen molar-refractivity contribution < 1.29 is 0 Å². The summed E-state index contributed by atoms with van der Waals surface area (Å²) in [6, 6.07) is 7.65. The van der Waals surface area contributed by atoms with E-state index >= 15 is 0 Å². The Hall–Kier alpha value is -2.43. The molecule has 0 atom stereocenters. The number of nitrogens with zero attached hydrogens (tertiary/aromatic N) is 3. The quantitative estimate of drug-likeness (QED) is 0.644. The summed E-state index contributed by atoms with van der Waals surface area (Å²) in [6.45, 7) is 2.55. The first kappa shape index (κ1) is 13.0. The van der Waals surface area contributed by atoms with Gasteiger partial charge < -0.3 is 10.6 Å². The van der Waals surface area contributed by atoms with Crippen molar-refractivity contribution in [1.29, 1.82) is 5.41 Å². The van der Waals surface area contributed by atoms with Gasteiger partial charge in [0.2, 0.25) is 0 Å². The summed E-state index contributed by atoms with van der Waals surface area (Å²) in [6.07, 6.45) is 3.49. The van der Waals surface area contributed by atoms with Gasteiger partial charge in [-0.15, -0.1) is 0 Å². The summed E-state index contributed by atoms with van der Waals surface area (Å²) < 4.78 is 0. The fourth-order valence-electron chi connectivity index (χ4n) is 1.98. The maximum absolute atomic E-state index is 7.69. The van der Waals surface area contributed by atoms with Crippen molar-refractivity contribution in [2.75, 3.05) is 11.9 Å². The monoisotopic (exact) mass is 255 g/mol. The second kappa shape index (κ2) is 5.48. The molecule has 0 unspecified atom stereocenters. The van der Waals surface area contributed by atoms with Crippen LogP contribution in [-0.2, 0) is 6.54 Å². The molecule has 2 aromatic heterocycles. The van der Waals surface area contributed by atoms with E-state index in [2.05, 4.69) is 9.97 Å². The van der Waals surface area contributed by atoms with Crippen LogP contribution in [0.25, 0.3) is 0 Å². The van der Waals surface area contributed by atoms with Crippen molar-refractivity contribution in [3.05, 3.63) is 53.5 Å². The van der Waals surface area contributed by atoms with Gasteiger partial charge in [0, 0.05) is 19.4 Å². The van der Waals surface area contributed by atoms with E-state index in [1.165, 1.54) is 0 Å². The van der Waals surface area contributed by atoms with Crippen molar-refractivity contribution in [2.24, 2.45) is 5.73 Å². The Labute approximate surface area is 112 Å². The number of hydrogen-bond donors (Lipinski definition) is 2. The van der Waals surface area contributed by atoms with E-state index < -0.39 is 0 Å². The van der Waals surface area contributed by atoms with Gasteiger partial charge in [-0.1, -0.05) is 6.07 Å². The third-order valence-corrected chi connectivity index (χ3v) is 2.90. The zero-order valence-electron chi connectivity index (χ0n) is 11.1. The predicted octanol–water partition coefficient (Wildman–Crippen LogP) is 1.71. The Morgan fingerprint density at radius 3 is 2.68 bits per heavy atom. The van der Waals surface area contributed by atoms with Crippen LogP contribution in [-0.4, -0.2) is 22.9 Å². The number of aromatic nitrogens is 2. The Morgan fingerprint density at radius 2 is 2.05 bits per heavy atom. The Morgan fingerprint density at radius 1 is 1.26 bits per heavy atom. The minimum atomic E-state index is 0.0356. The number of hydrogen-bond acceptors (Lipinski definition) is 4. The second-order valence-corrected chi connectivity index (χ2v) is 4.42. The van der Waals surface area contributed by atoms with Crippen LogP contribution in [0, 0.1) is 12.3 Å². The van der Waals surface area contributed by atoms with Crippen molar-refractivity contribution in [3.63, 3.8) is 0 Å². The number of aryl methyl sites for hydroxylation is 1. The second-order valence-electron chi connectivity index (χ2n) is 4.42. The van der Waals surface area contributed by atoms with Crippen LogP contribution < -0.4 is 10.6 Å². The zero-order chi connectivity index (χ0) is 13.8. The summed E-state index contributed by atoms with van der Waals surface area (Å²) in [5, 5.41) is 7.69. The smallest absolute Gasteiger partial charge is 0.139 e. The molecule has 0 aliphatic rings. The van der Waals surface area contributed by atoms with Gasteiger partial charge in [-0.3, -0.25) is 10.4 Å². The molecule has 0 amide bonds. The minimum absolute atomic E-state index is 0.0356. The maximum Gasteiger partial charge on any atom is 0.139 e. The number of anilines is 1. The van der Waals surface area contributed by atoms with Crippen LogP contribution in [0.5, 0.6) is 0 Å². The molecule has 2 aromatic rings. The standard InChI is InChI=1S/C14H17N5/c1-10-6-8-18-14(12(10)13(15)16)19(2)9-11-5-3-4-7-17-11/h3-8H,9H2,1-2H3,(H3,15,16). The lowest BCUT2D eigenvalue weighted by Gasteiger charge is -2.21. The van der Waals surface area contributed by atoms with Crippen LogP contribution in [0.2, 0.25) is 0 Å². The maximum atomic E-state index is 7.69. The van der Waals surface area contributed by atoms with Gasteiger partial charge >= 0.3 is 0 Å². The topological polar surface area (TPSA) is 78.9 Å². The molecule has 98 valence electrons. The van der Waals surface area contributed by atoms with Gasteiger partial charge in [-0.05, 0) is 30.7 Å². The fourth-order valence-corrected chi connectivity index (χ4v) is 1.98. The molecule has 0 bridgehead atoms. The van der Waals surface area contributed by atoms with Crippen molar-refractivity contribution >= 4 is 11.7 Å². The third-order valence-electron chi connectivity index (χ3n) is 2.90. The van der Waals surface area contributed by atoms with E-state index in [9.17, 15) is 0 Å². The number of nitrogens with two attached hydrogens (primary N) is 1. The number of amidine groups is 1. The van der Waals surface area contributed by atoms with Crippen LogP contribution in [0.1, 0.15) is 16.8 Å². The summed E-state index contributed by atoms with van der Waals surface area (Å²) in [5.74, 6) is 0.742. The normalized spacial score (nSPS) is 10.2. The SMILES string of the molecule is Cc1ccnc(N(C)Cc2ccccn2)c1C(=N)N. The molecule has 5 nitrogen and oxygen atoms in total. The average molecular weight is 255 g/mol. The lowest BCUT2D eigenvalue weighted by atomic mass is 10.1. The molecule has 2 rings (SSSR count). The molecular formula is C14H17N5. The van der Waals surface area contributed by atoms with E-state index in [4.69, 9.17) is 11.1 Å². The van der Waals surface area contributed by atoms with E-state index in [1.807, 2.05) is 43.1 Å². The molecular weight excluding hydrogens is 238 g/mol. The van der Waals surface area contributed by atoms with Gasteiger partial charge in [0.1, 0.15) is 11.7 Å². The van der Waals surface area contributed by atoms with Gasteiger partial charge in [-0.25, -0.2) is 4.98 Å². The molecule has 0 aliphatic heterocycles. The molecule has 0 aliphatic carbocycles. The van der Waals surface area contributed by atoms with Crippen LogP contribution in [0.4, 0.5) is 5.82 Å². The first-order valence-corrected chi connectivity index (χ1v) is 6.00. The number of rotatable bonds is 4. The average Bonchev–Trinajstić information content (AvgIpc) is 2.39. The Bertz CT molecular complexity index is 580. The van der Waals surface area contributed by atoms with E-state index in [0.29, 0.717) is 17.9 Å². The highest BCUT2D eigenvalue weighted by Gasteiger charge is 2.14. The third kappa shape index (κ3) is 2.88. The number of nitrogen functional groups attached to an aromatic ring is 1. The molecule has 0 fully saturated rings. The highest BCUT2D eigenvalue weighted by Crippen LogP contribution is 2.20. The van der Waals surface area contributed by atoms with Gasteiger partial charge in [-0.2, -0.15) is 0 Å². The molecule has 2 heterocycles. The minimum Gasteiger partial charge on any atom is -0.384 e. The highest BCUT2D eigenvalue weighted by molar-refractivity contribution is 6.00. The summed E-state index contributed by atoms with van der Waals surface area (Å²) in [5.41, 5.74) is 8.23. The highest BCUT2D eigenvalue weighted by atomic mass is 15.2. The molecule has 0 saturated heterocycles. The predicted molar refractivity (Wildman–Crippen MR) is 76.3 cm³/mol. The molecule has 0 saturated carbocycles. The van der Waals surface area contributed by atoms with Crippen LogP contribution >= 0.6 is 0 Å². The lowest BCUT2D eigenvalue weighted by molar-refractivity contribution is 0.862. The fraction of sp³-hybridized carbons (Fsp3) is 0.214. The van der Waals surface area contributed by atoms with E-state index in [1.54, 1.807) is 12.4 Å². The van der Waals surface area contributed by atoms with Crippen molar-refractivity contribution in [3.8, 4) is 0 Å². The Kier molecular flexibility index (Phi) is 3.75. The molecule has 0 spiro atoms. The first-order valence-electron chi connectivity index (χ1n) is 6.00. The molecule has 0 radical (unpaired) electrons. The van der Waals surface area contributed by atoms with Crippen molar-refractivity contribution in [2.45, 2.75) is 13.5 Å². The largest absolute Gasteiger partial charge is 0.384 e. The van der Waals surface area contributed by atoms with Crippen molar-refractivity contribution in [1.82, 2.24) is 9.97 Å². The van der Waals surface area contributed by atoms with Crippen LogP contribution in [0.3, 0.4) is 0 Å². The lowest BCUT2D eigenvalue weighted by Crippen LogP contribution is -2.24. The first-order chi connectivity index (χ1) is 9.09. The zero-order valence-corrected chi connectivity index (χ0v) is 11.1. The molecule has 5 heteroatoms. The number of pyridine rings is 2.